The van der Waals surface area contributed by atoms with Gasteiger partial charge in [-0.1, -0.05) is 32.0 Å². The van der Waals surface area contributed by atoms with Crippen LogP contribution in [-0.4, -0.2) is 49.5 Å². The maximum absolute atomic E-state index is 13.6. The van der Waals surface area contributed by atoms with Gasteiger partial charge >= 0.3 is 0 Å². The molecule has 3 heterocycles. The van der Waals surface area contributed by atoms with Crippen LogP contribution in [0.15, 0.2) is 61.1 Å². The molecule has 1 aliphatic heterocycles. The summed E-state index contributed by atoms with van der Waals surface area (Å²) in [5.74, 6) is 0.975. The molecule has 7 heteroatoms. The van der Waals surface area contributed by atoms with E-state index in [4.69, 9.17) is 4.74 Å². The van der Waals surface area contributed by atoms with Crippen LogP contribution >= 0.6 is 0 Å². The summed E-state index contributed by atoms with van der Waals surface area (Å²) < 4.78 is 6.18. The Morgan fingerprint density at radius 3 is 2.62 bits per heavy atom. The zero-order valence-electron chi connectivity index (χ0n) is 16.7. The number of likely N-dealkylation sites (tertiary alicyclic amines) is 1. The van der Waals surface area contributed by atoms with Gasteiger partial charge in [-0.25, -0.2) is 4.98 Å². The van der Waals surface area contributed by atoms with Crippen LogP contribution in [0.5, 0.6) is 5.88 Å². The van der Waals surface area contributed by atoms with Gasteiger partial charge in [0.2, 0.25) is 5.88 Å². The number of rotatable bonds is 6. The van der Waals surface area contributed by atoms with E-state index in [-0.39, 0.29) is 18.1 Å². The Labute approximate surface area is 170 Å². The van der Waals surface area contributed by atoms with Gasteiger partial charge in [0.15, 0.2) is 0 Å². The molecule has 1 aliphatic rings. The van der Waals surface area contributed by atoms with Crippen LogP contribution in [0, 0.1) is 5.92 Å². The second kappa shape index (κ2) is 8.43. The fourth-order valence-corrected chi connectivity index (χ4v) is 4.00. The number of carbonyl (C=O) groups excluding carboxylic acids is 1. The summed E-state index contributed by atoms with van der Waals surface area (Å²) in [5.41, 5.74) is 1.27. The van der Waals surface area contributed by atoms with Gasteiger partial charge in [-0.3, -0.25) is 4.79 Å². The molecule has 150 valence electrons. The fourth-order valence-electron chi connectivity index (χ4n) is 4.00. The van der Waals surface area contributed by atoms with Crippen molar-refractivity contribution in [2.45, 2.75) is 38.8 Å². The minimum atomic E-state index is -0.117. The third-order valence-corrected chi connectivity index (χ3v) is 5.32. The Morgan fingerprint density at radius 1 is 1.14 bits per heavy atom. The number of nitrogens with zero attached hydrogens (tertiary/aromatic N) is 5. The van der Waals surface area contributed by atoms with Crippen molar-refractivity contribution in [3.8, 4) is 11.6 Å². The average molecular weight is 391 g/mol. The second-order valence-corrected chi connectivity index (χ2v) is 7.43. The molecule has 7 nitrogen and oxygen atoms in total. The maximum atomic E-state index is 13.6. The highest BCUT2D eigenvalue weighted by atomic mass is 16.5. The molecule has 2 aromatic heterocycles. The Balaban J connectivity index is 1.62. The van der Waals surface area contributed by atoms with Crippen LogP contribution in [0.4, 0.5) is 0 Å². The van der Waals surface area contributed by atoms with E-state index >= 15 is 0 Å². The quantitative estimate of drug-likeness (QED) is 0.644. The van der Waals surface area contributed by atoms with Crippen molar-refractivity contribution in [3.63, 3.8) is 0 Å². The average Bonchev–Trinajstić information content (AvgIpc) is 3.42. The zero-order valence-corrected chi connectivity index (χ0v) is 16.7. The molecule has 0 radical (unpaired) electrons. The molecule has 3 unspecified atom stereocenters. The molecule has 0 saturated carbocycles. The highest BCUT2D eigenvalue weighted by Gasteiger charge is 2.39. The van der Waals surface area contributed by atoms with E-state index in [2.05, 4.69) is 29.0 Å². The summed E-state index contributed by atoms with van der Waals surface area (Å²) >= 11 is 0. The number of para-hydroxylation sites is 1. The second-order valence-electron chi connectivity index (χ2n) is 7.43. The molecule has 3 atom stereocenters. The summed E-state index contributed by atoms with van der Waals surface area (Å²) in [4.78, 5) is 21.3. The van der Waals surface area contributed by atoms with Gasteiger partial charge in [0.1, 0.15) is 6.10 Å². The summed E-state index contributed by atoms with van der Waals surface area (Å²) in [7, 11) is 0. The van der Waals surface area contributed by atoms with Crippen molar-refractivity contribution >= 4 is 5.91 Å². The monoisotopic (exact) mass is 391 g/mol. The lowest BCUT2D eigenvalue weighted by Gasteiger charge is -2.31. The number of amides is 1. The molecule has 4 rings (SSSR count). The maximum Gasteiger partial charge on any atom is 0.256 e. The Bertz CT molecular complexity index is 945. The van der Waals surface area contributed by atoms with E-state index in [0.29, 0.717) is 29.6 Å². The van der Waals surface area contributed by atoms with Gasteiger partial charge in [-0.2, -0.15) is 15.0 Å². The number of benzene rings is 1. The first-order valence-electron chi connectivity index (χ1n) is 10.0. The Morgan fingerprint density at radius 2 is 1.90 bits per heavy atom. The van der Waals surface area contributed by atoms with Crippen molar-refractivity contribution in [3.05, 3.63) is 66.6 Å². The highest BCUT2D eigenvalue weighted by molar-refractivity contribution is 5.98. The first-order valence-corrected chi connectivity index (χ1v) is 10.0. The van der Waals surface area contributed by atoms with E-state index in [0.717, 1.165) is 12.8 Å². The smallest absolute Gasteiger partial charge is 0.256 e. The number of carbonyl (C=O) groups is 1. The normalized spacial score (nSPS) is 19.9. The Hall–Kier alpha value is -3.22. The van der Waals surface area contributed by atoms with Gasteiger partial charge in [0.05, 0.1) is 29.7 Å². The Kier molecular flexibility index (Phi) is 5.55. The van der Waals surface area contributed by atoms with Crippen molar-refractivity contribution in [1.29, 1.82) is 0 Å². The molecule has 0 bridgehead atoms. The topological polar surface area (TPSA) is 73.1 Å². The van der Waals surface area contributed by atoms with Crippen molar-refractivity contribution in [2.75, 3.05) is 6.54 Å². The van der Waals surface area contributed by atoms with Gasteiger partial charge < -0.3 is 9.64 Å². The van der Waals surface area contributed by atoms with E-state index in [1.165, 1.54) is 4.80 Å². The summed E-state index contributed by atoms with van der Waals surface area (Å²) in [6, 6.07) is 13.1. The molecule has 1 aromatic carbocycles. The predicted octanol–water partition coefficient (Wildman–Crippen LogP) is 3.37. The van der Waals surface area contributed by atoms with Gasteiger partial charge in [-0.15, -0.1) is 0 Å². The molecular formula is C22H25N5O2. The lowest BCUT2D eigenvalue weighted by molar-refractivity contribution is 0.0536. The molecule has 1 fully saturated rings. The SMILES string of the molecule is CCC(Oc1ccccn1)C1CC(C)CN1C(=O)c1ccccc1-n1nccn1. The number of hydrogen-bond acceptors (Lipinski definition) is 5. The summed E-state index contributed by atoms with van der Waals surface area (Å²) in [6.45, 7) is 4.96. The number of hydrogen-bond donors (Lipinski definition) is 0. The molecule has 0 aliphatic carbocycles. The van der Waals surface area contributed by atoms with Crippen LogP contribution in [-0.2, 0) is 0 Å². The van der Waals surface area contributed by atoms with Crippen LogP contribution in [0.3, 0.4) is 0 Å². The highest BCUT2D eigenvalue weighted by Crippen LogP contribution is 2.31. The number of ether oxygens (including phenoxy) is 1. The third kappa shape index (κ3) is 3.99. The van der Waals surface area contributed by atoms with Gasteiger partial charge in [0, 0.05) is 18.8 Å². The van der Waals surface area contributed by atoms with E-state index in [1.54, 1.807) is 18.6 Å². The minimum Gasteiger partial charge on any atom is -0.472 e. The van der Waals surface area contributed by atoms with Gasteiger partial charge in [-0.05, 0) is 37.0 Å². The molecule has 1 amide bonds. The lowest BCUT2D eigenvalue weighted by Crippen LogP contribution is -2.45. The van der Waals surface area contributed by atoms with E-state index < -0.39 is 0 Å². The molecule has 29 heavy (non-hydrogen) atoms. The molecular weight excluding hydrogens is 366 g/mol. The number of aromatic nitrogens is 4. The lowest BCUT2D eigenvalue weighted by atomic mass is 10.0. The first-order chi connectivity index (χ1) is 14.2. The zero-order chi connectivity index (χ0) is 20.2. The summed E-state index contributed by atoms with van der Waals surface area (Å²) in [6.07, 6.45) is 6.51. The van der Waals surface area contributed by atoms with Crippen molar-refractivity contribution < 1.29 is 9.53 Å². The molecule has 1 saturated heterocycles. The standard InChI is InChI=1S/C22H25N5O2/c1-3-20(29-21-10-6-7-11-23-21)19-14-16(2)15-26(19)22(28)17-8-4-5-9-18(17)27-24-12-13-25-27/h4-13,16,19-20H,3,14-15H2,1-2H3. The third-order valence-electron chi connectivity index (χ3n) is 5.32. The number of pyridine rings is 1. The van der Waals surface area contributed by atoms with Crippen LogP contribution in [0.25, 0.3) is 5.69 Å². The van der Waals surface area contributed by atoms with Crippen LogP contribution in [0.2, 0.25) is 0 Å². The van der Waals surface area contributed by atoms with Crippen LogP contribution < -0.4 is 4.74 Å². The first kappa shape index (κ1) is 19.1. The predicted molar refractivity (Wildman–Crippen MR) is 109 cm³/mol. The van der Waals surface area contributed by atoms with E-state index in [9.17, 15) is 4.79 Å². The summed E-state index contributed by atoms with van der Waals surface area (Å²) in [5, 5.41) is 8.40. The van der Waals surface area contributed by atoms with Crippen molar-refractivity contribution in [1.82, 2.24) is 24.9 Å². The minimum absolute atomic E-state index is 0.0110. The van der Waals surface area contributed by atoms with Crippen molar-refractivity contribution in [2.24, 2.45) is 5.92 Å². The molecule has 3 aromatic rings. The molecule has 0 N–H and O–H groups in total. The van der Waals surface area contributed by atoms with E-state index in [1.807, 2.05) is 47.4 Å². The molecule has 0 spiro atoms. The fraction of sp³-hybridized carbons (Fsp3) is 0.364. The largest absolute Gasteiger partial charge is 0.472 e. The van der Waals surface area contributed by atoms with Crippen LogP contribution in [0.1, 0.15) is 37.0 Å². The van der Waals surface area contributed by atoms with Gasteiger partial charge in [0.25, 0.3) is 5.91 Å².